The minimum atomic E-state index is -0.434. The zero-order valence-corrected chi connectivity index (χ0v) is 8.61. The van der Waals surface area contributed by atoms with Crippen LogP contribution in [0.5, 0.6) is 0 Å². The summed E-state index contributed by atoms with van der Waals surface area (Å²) in [5, 5.41) is 16.5. The van der Waals surface area contributed by atoms with Crippen LogP contribution in [0.15, 0.2) is 0 Å². The smallest absolute Gasteiger partial charge is 0.0621 e. The van der Waals surface area contributed by atoms with Crippen molar-refractivity contribution in [2.75, 3.05) is 12.3 Å². The first-order valence-corrected chi connectivity index (χ1v) is 6.57. The van der Waals surface area contributed by atoms with E-state index >= 15 is 0 Å². The largest absolute Gasteiger partial charge is 0.198 e. The highest BCUT2D eigenvalue weighted by atomic mass is 35.7. The lowest BCUT2D eigenvalue weighted by Crippen LogP contribution is -1.85. The van der Waals surface area contributed by atoms with E-state index in [4.69, 9.17) is 21.8 Å². The van der Waals surface area contributed by atoms with Crippen molar-refractivity contribution in [1.29, 1.82) is 10.5 Å². The van der Waals surface area contributed by atoms with E-state index in [-0.39, 0.29) is 0 Å². The molecule has 0 aromatic rings. The van der Waals surface area contributed by atoms with Crippen molar-refractivity contribution in [2.24, 2.45) is 0 Å². The van der Waals surface area contributed by atoms with Crippen LogP contribution < -0.4 is 0 Å². The molecule has 0 saturated carbocycles. The highest BCUT2D eigenvalue weighted by molar-refractivity contribution is 7.83. The van der Waals surface area contributed by atoms with Crippen LogP contribution in [-0.2, 0) is 0 Å². The topological polar surface area (TPSA) is 47.6 Å². The second kappa shape index (κ2) is 8.79. The lowest BCUT2D eigenvalue weighted by Gasteiger charge is -2.05. The first kappa shape index (κ1) is 11.7. The summed E-state index contributed by atoms with van der Waals surface area (Å²) in [6.07, 6.45) is 4.91. The lowest BCUT2D eigenvalue weighted by molar-refractivity contribution is 0.951. The van der Waals surface area contributed by atoms with E-state index in [1.165, 1.54) is 0 Å². The molecule has 0 amide bonds. The Morgan fingerprint density at radius 1 is 1.00 bits per heavy atom. The highest BCUT2D eigenvalue weighted by Gasteiger charge is 2.02. The van der Waals surface area contributed by atoms with Gasteiger partial charge in [0.1, 0.15) is 0 Å². The van der Waals surface area contributed by atoms with Gasteiger partial charge in [0.2, 0.25) is 0 Å². The Labute approximate surface area is 79.7 Å². The van der Waals surface area contributed by atoms with E-state index in [1.54, 1.807) is 0 Å². The summed E-state index contributed by atoms with van der Waals surface area (Å²) in [5.41, 5.74) is 0. The van der Waals surface area contributed by atoms with Crippen molar-refractivity contribution in [3.63, 3.8) is 0 Å². The molecule has 0 aromatic heterocycles. The summed E-state index contributed by atoms with van der Waals surface area (Å²) in [7, 11) is -0.434. The highest BCUT2D eigenvalue weighted by Crippen LogP contribution is 2.42. The first-order chi connectivity index (χ1) is 5.81. The quantitative estimate of drug-likeness (QED) is 0.490. The van der Waals surface area contributed by atoms with Gasteiger partial charge in [-0.25, -0.2) is 0 Å². The van der Waals surface area contributed by atoms with Crippen LogP contribution in [0.4, 0.5) is 0 Å². The SMILES string of the molecule is N#CCCCP(Cl)CCCC#N. The molecule has 0 atom stereocenters. The van der Waals surface area contributed by atoms with Crippen LogP contribution >= 0.6 is 18.5 Å². The van der Waals surface area contributed by atoms with E-state index in [9.17, 15) is 0 Å². The number of nitriles is 2. The van der Waals surface area contributed by atoms with E-state index in [1.807, 2.05) is 0 Å². The van der Waals surface area contributed by atoms with Gasteiger partial charge >= 0.3 is 0 Å². The molecule has 0 N–H and O–H groups in total. The van der Waals surface area contributed by atoms with Gasteiger partial charge in [0.05, 0.1) is 12.1 Å². The maximum Gasteiger partial charge on any atom is 0.0621 e. The van der Waals surface area contributed by atoms with Crippen LogP contribution in [0.25, 0.3) is 0 Å². The second-order valence-corrected chi connectivity index (χ2v) is 5.69. The van der Waals surface area contributed by atoms with E-state index in [0.29, 0.717) is 12.8 Å². The molecular formula is C8H12ClN2P. The van der Waals surface area contributed by atoms with E-state index in [2.05, 4.69) is 12.1 Å². The van der Waals surface area contributed by atoms with Gasteiger partial charge in [0.15, 0.2) is 0 Å². The van der Waals surface area contributed by atoms with Crippen LogP contribution in [0.1, 0.15) is 25.7 Å². The molecule has 0 saturated heterocycles. The molecule has 12 heavy (non-hydrogen) atoms. The van der Waals surface area contributed by atoms with Gasteiger partial charge in [-0.05, 0) is 32.4 Å². The monoisotopic (exact) mass is 202 g/mol. The summed E-state index contributed by atoms with van der Waals surface area (Å²) >= 11 is 6.00. The fraction of sp³-hybridized carbons (Fsp3) is 0.750. The summed E-state index contributed by atoms with van der Waals surface area (Å²) in [6.45, 7) is 0. The van der Waals surface area contributed by atoms with Crippen molar-refractivity contribution >= 4 is 18.5 Å². The van der Waals surface area contributed by atoms with E-state index < -0.39 is 7.27 Å². The summed E-state index contributed by atoms with van der Waals surface area (Å²) in [6, 6.07) is 4.18. The number of rotatable bonds is 6. The Bertz CT molecular complexity index is 162. The van der Waals surface area contributed by atoms with Crippen LogP contribution in [0.3, 0.4) is 0 Å². The second-order valence-electron chi connectivity index (χ2n) is 2.43. The summed E-state index contributed by atoms with van der Waals surface area (Å²) < 4.78 is 0. The van der Waals surface area contributed by atoms with Gasteiger partial charge < -0.3 is 0 Å². The lowest BCUT2D eigenvalue weighted by atomic mass is 10.4. The Morgan fingerprint density at radius 3 is 1.75 bits per heavy atom. The fourth-order valence-corrected chi connectivity index (χ4v) is 2.71. The minimum absolute atomic E-state index is 0.434. The molecule has 0 aliphatic rings. The summed E-state index contributed by atoms with van der Waals surface area (Å²) in [4.78, 5) is 0. The maximum absolute atomic E-state index is 8.26. The molecular weight excluding hydrogens is 191 g/mol. The molecule has 0 fully saturated rings. The normalized spacial score (nSPS) is 9.33. The predicted molar refractivity (Wildman–Crippen MR) is 52.2 cm³/mol. The van der Waals surface area contributed by atoms with Crippen molar-refractivity contribution in [1.82, 2.24) is 0 Å². The van der Waals surface area contributed by atoms with Crippen molar-refractivity contribution in [3.05, 3.63) is 0 Å². The molecule has 0 spiro atoms. The van der Waals surface area contributed by atoms with Gasteiger partial charge in [-0.2, -0.15) is 10.5 Å². The van der Waals surface area contributed by atoms with Crippen molar-refractivity contribution < 1.29 is 0 Å². The summed E-state index contributed by atoms with van der Waals surface area (Å²) in [5.74, 6) is 0. The van der Waals surface area contributed by atoms with Gasteiger partial charge in [-0.1, -0.05) is 11.2 Å². The Kier molecular flexibility index (Phi) is 8.57. The van der Waals surface area contributed by atoms with Crippen LogP contribution in [-0.4, -0.2) is 12.3 Å². The Hall–Kier alpha value is -0.300. The number of hydrogen-bond donors (Lipinski definition) is 0. The van der Waals surface area contributed by atoms with Gasteiger partial charge in [-0.15, -0.1) is 0 Å². The first-order valence-electron chi connectivity index (χ1n) is 3.96. The number of halogens is 1. The molecule has 2 nitrogen and oxygen atoms in total. The number of nitrogens with zero attached hydrogens (tertiary/aromatic N) is 2. The standard InChI is InChI=1S/C8H12ClN2P/c9-12(7-3-1-5-10)8-4-2-6-11/h1-4,7-8H2. The van der Waals surface area contributed by atoms with Gasteiger partial charge in [-0.3, -0.25) is 0 Å². The van der Waals surface area contributed by atoms with Crippen LogP contribution in [0, 0.1) is 22.7 Å². The Balaban J connectivity index is 3.18. The molecule has 0 heterocycles. The number of unbranched alkanes of at least 4 members (excludes halogenated alkanes) is 2. The predicted octanol–water partition coefficient (Wildman–Crippen LogP) is 3.23. The molecule has 0 aromatic carbocycles. The molecule has 0 aliphatic heterocycles. The van der Waals surface area contributed by atoms with E-state index in [0.717, 1.165) is 25.2 Å². The Morgan fingerprint density at radius 2 is 1.42 bits per heavy atom. The molecule has 0 unspecified atom stereocenters. The average molecular weight is 203 g/mol. The van der Waals surface area contributed by atoms with Gasteiger partial charge in [0.25, 0.3) is 0 Å². The molecule has 66 valence electrons. The van der Waals surface area contributed by atoms with Gasteiger partial charge in [0, 0.05) is 12.8 Å². The number of hydrogen-bond acceptors (Lipinski definition) is 2. The van der Waals surface area contributed by atoms with Crippen molar-refractivity contribution in [2.45, 2.75) is 25.7 Å². The minimum Gasteiger partial charge on any atom is -0.198 e. The van der Waals surface area contributed by atoms with Crippen molar-refractivity contribution in [3.8, 4) is 12.1 Å². The fourth-order valence-electron chi connectivity index (χ4n) is 0.771. The molecule has 0 radical (unpaired) electrons. The van der Waals surface area contributed by atoms with Crippen LogP contribution in [0.2, 0.25) is 0 Å². The molecule has 0 bridgehead atoms. The average Bonchev–Trinajstić information content (AvgIpc) is 2.06. The zero-order valence-electron chi connectivity index (χ0n) is 6.96. The maximum atomic E-state index is 8.26. The molecule has 0 aliphatic carbocycles. The third-order valence-electron chi connectivity index (χ3n) is 1.38. The zero-order chi connectivity index (χ0) is 9.23. The third kappa shape index (κ3) is 7.80. The molecule has 0 rings (SSSR count). The third-order valence-corrected chi connectivity index (χ3v) is 4.00. The molecule has 4 heteroatoms.